The van der Waals surface area contributed by atoms with Gasteiger partial charge in [-0.25, -0.2) is 13.6 Å². The van der Waals surface area contributed by atoms with Crippen molar-refractivity contribution in [1.82, 2.24) is 10.3 Å². The van der Waals surface area contributed by atoms with Crippen LogP contribution in [0.15, 0.2) is 48.7 Å². The van der Waals surface area contributed by atoms with E-state index in [1.54, 1.807) is 30.5 Å². The monoisotopic (exact) mass is 498 g/mol. The number of aliphatic carboxylic acids is 1. The van der Waals surface area contributed by atoms with Crippen LogP contribution in [-0.2, 0) is 9.59 Å². The molecule has 3 aromatic rings. The molecule has 0 bridgehead atoms. The van der Waals surface area contributed by atoms with Crippen molar-refractivity contribution in [2.45, 2.75) is 39.4 Å². The summed E-state index contributed by atoms with van der Waals surface area (Å²) in [6.07, 6.45) is -3.30. The highest BCUT2D eigenvalue weighted by molar-refractivity contribution is 5.86. The van der Waals surface area contributed by atoms with Gasteiger partial charge in [-0.1, -0.05) is 45.0 Å². The van der Waals surface area contributed by atoms with Crippen LogP contribution in [0, 0.1) is 17.0 Å². The van der Waals surface area contributed by atoms with Crippen LogP contribution in [0.4, 0.5) is 22.0 Å². The van der Waals surface area contributed by atoms with Crippen LogP contribution in [0.25, 0.3) is 10.9 Å². The van der Waals surface area contributed by atoms with Gasteiger partial charge in [0.1, 0.15) is 11.3 Å². The summed E-state index contributed by atoms with van der Waals surface area (Å²) >= 11 is 0. The molecule has 0 saturated heterocycles. The van der Waals surface area contributed by atoms with E-state index >= 15 is 0 Å². The predicted octanol–water partition coefficient (Wildman–Crippen LogP) is 5.49. The molecule has 11 heteroatoms. The van der Waals surface area contributed by atoms with Crippen LogP contribution >= 0.6 is 0 Å². The molecule has 2 aromatic carbocycles. The average molecular weight is 498 g/mol. The summed E-state index contributed by atoms with van der Waals surface area (Å²) in [6.45, 7) is 5.78. The Balaban J connectivity index is 0.000000540. The van der Waals surface area contributed by atoms with Crippen LogP contribution in [0.5, 0.6) is 5.75 Å². The van der Waals surface area contributed by atoms with Crippen LogP contribution < -0.4 is 5.32 Å². The molecule has 1 amide bonds. The third kappa shape index (κ3) is 7.62. The number of aromatic hydroxyl groups is 1. The van der Waals surface area contributed by atoms with Gasteiger partial charge in [0.05, 0.1) is 6.04 Å². The van der Waals surface area contributed by atoms with Crippen molar-refractivity contribution in [3.05, 3.63) is 71.4 Å². The number of phenols is 1. The molecule has 0 saturated carbocycles. The van der Waals surface area contributed by atoms with Gasteiger partial charge in [-0.2, -0.15) is 13.2 Å². The third-order valence-corrected chi connectivity index (χ3v) is 4.61. The molecule has 1 aromatic heterocycles. The number of aromatic nitrogens is 1. The number of carbonyl (C=O) groups is 2. The Hall–Kier alpha value is -3.76. The van der Waals surface area contributed by atoms with Gasteiger partial charge in [0.25, 0.3) is 0 Å². The zero-order valence-electron chi connectivity index (χ0n) is 19.0. The summed E-state index contributed by atoms with van der Waals surface area (Å²) < 4.78 is 59.0. The van der Waals surface area contributed by atoms with Gasteiger partial charge in [0, 0.05) is 23.6 Å². The molecular formula is C24H23F5N2O4. The predicted molar refractivity (Wildman–Crippen MR) is 118 cm³/mol. The average Bonchev–Trinajstić information content (AvgIpc) is 2.73. The summed E-state index contributed by atoms with van der Waals surface area (Å²) in [6, 6.07) is 9.54. The number of hydrogen-bond donors (Lipinski definition) is 3. The highest BCUT2D eigenvalue weighted by Gasteiger charge is 2.38. The maximum Gasteiger partial charge on any atom is 0.490 e. The number of pyridine rings is 1. The van der Waals surface area contributed by atoms with Crippen molar-refractivity contribution in [3.63, 3.8) is 0 Å². The number of nitrogens with zero attached hydrogens (tertiary/aromatic N) is 1. The molecule has 0 fully saturated rings. The van der Waals surface area contributed by atoms with Gasteiger partial charge in [-0.15, -0.1) is 0 Å². The number of carbonyl (C=O) groups excluding carboxylic acids is 1. The number of rotatable bonds is 4. The highest BCUT2D eigenvalue weighted by atomic mass is 19.4. The van der Waals surface area contributed by atoms with Crippen molar-refractivity contribution in [3.8, 4) is 5.75 Å². The normalized spacial score (nSPS) is 12.5. The topological polar surface area (TPSA) is 99.5 Å². The zero-order chi connectivity index (χ0) is 26.6. The van der Waals surface area contributed by atoms with Crippen molar-refractivity contribution in [1.29, 1.82) is 0 Å². The van der Waals surface area contributed by atoms with E-state index < -0.39 is 29.8 Å². The molecule has 0 radical (unpaired) electrons. The Morgan fingerprint density at radius 3 is 2.20 bits per heavy atom. The molecular weight excluding hydrogens is 475 g/mol. The molecule has 3 rings (SSSR count). The van der Waals surface area contributed by atoms with Crippen molar-refractivity contribution < 1.29 is 41.8 Å². The van der Waals surface area contributed by atoms with Gasteiger partial charge in [0.15, 0.2) is 11.6 Å². The molecule has 0 spiro atoms. The summed E-state index contributed by atoms with van der Waals surface area (Å²) in [7, 11) is 0. The molecule has 188 valence electrons. The Morgan fingerprint density at radius 1 is 1.03 bits per heavy atom. The van der Waals surface area contributed by atoms with Crippen LogP contribution in [0.2, 0.25) is 0 Å². The van der Waals surface area contributed by atoms with E-state index in [2.05, 4.69) is 10.3 Å². The number of benzene rings is 2. The number of phenolic OH excluding ortho intramolecular Hbond substituents is 1. The van der Waals surface area contributed by atoms with Gasteiger partial charge >= 0.3 is 12.1 Å². The molecule has 6 nitrogen and oxygen atoms in total. The number of nitrogens with one attached hydrogen (secondary N) is 1. The minimum Gasteiger partial charge on any atom is -0.505 e. The SMILES string of the molecule is CC(C)(C)CC(=O)NC(c1ccc(F)c(F)c1)c1ccc2cccnc2c1O.O=C(O)C(F)(F)F. The second-order valence-electron chi connectivity index (χ2n) is 8.79. The number of fused-ring (bicyclic) bond motifs is 1. The maximum atomic E-state index is 13.9. The van der Waals surface area contributed by atoms with Gasteiger partial charge in [0.2, 0.25) is 5.91 Å². The minimum absolute atomic E-state index is 0.108. The minimum atomic E-state index is -5.08. The molecule has 0 aliphatic rings. The van der Waals surface area contributed by atoms with Gasteiger partial charge in [-0.3, -0.25) is 9.78 Å². The van der Waals surface area contributed by atoms with Crippen molar-refractivity contribution in [2.75, 3.05) is 0 Å². The fraction of sp³-hybridized carbons (Fsp3) is 0.292. The quantitative estimate of drug-likeness (QED) is 0.413. The summed E-state index contributed by atoms with van der Waals surface area (Å²) in [5.74, 6) is -5.13. The number of carboxylic acids is 1. The third-order valence-electron chi connectivity index (χ3n) is 4.61. The largest absolute Gasteiger partial charge is 0.505 e. The molecule has 35 heavy (non-hydrogen) atoms. The maximum absolute atomic E-state index is 13.9. The first-order valence-electron chi connectivity index (χ1n) is 10.2. The molecule has 1 unspecified atom stereocenters. The highest BCUT2D eigenvalue weighted by Crippen LogP contribution is 2.35. The van der Waals surface area contributed by atoms with E-state index in [0.717, 1.165) is 17.5 Å². The van der Waals surface area contributed by atoms with Gasteiger partial charge < -0.3 is 15.5 Å². The first-order chi connectivity index (χ1) is 16.1. The number of alkyl halides is 3. The van der Waals surface area contributed by atoms with E-state index in [1.165, 1.54) is 6.07 Å². The van der Waals surface area contributed by atoms with Crippen LogP contribution in [-0.4, -0.2) is 33.2 Å². The fourth-order valence-electron chi connectivity index (χ4n) is 3.10. The van der Waals surface area contributed by atoms with E-state index in [0.29, 0.717) is 16.6 Å². The number of amides is 1. The second kappa shape index (κ2) is 10.7. The standard InChI is InChI=1S/C22H22F2N2O2.C2HF3O2/c1-22(2,3)12-18(27)26-19(14-7-9-16(23)17(24)11-14)15-8-6-13-5-4-10-25-20(13)21(15)28;3-2(4,5)1(6)7/h4-11,19,28H,12H2,1-3H3,(H,26,27);(H,6,7). The Morgan fingerprint density at radius 2 is 1.66 bits per heavy atom. The van der Waals surface area contributed by atoms with Crippen molar-refractivity contribution in [2.24, 2.45) is 5.41 Å². The number of halogens is 5. The second-order valence-corrected chi connectivity index (χ2v) is 8.79. The lowest BCUT2D eigenvalue weighted by Crippen LogP contribution is -2.32. The Bertz CT molecular complexity index is 1220. The van der Waals surface area contributed by atoms with E-state index in [9.17, 15) is 31.9 Å². The Kier molecular flexibility index (Phi) is 8.37. The smallest absolute Gasteiger partial charge is 0.490 e. The summed E-state index contributed by atoms with van der Waals surface area (Å²) in [5.41, 5.74) is 0.805. The fourth-order valence-corrected chi connectivity index (χ4v) is 3.10. The lowest BCUT2D eigenvalue weighted by atomic mass is 9.90. The lowest BCUT2D eigenvalue weighted by molar-refractivity contribution is -0.192. The molecule has 0 aliphatic heterocycles. The van der Waals surface area contributed by atoms with E-state index in [4.69, 9.17) is 9.90 Å². The lowest BCUT2D eigenvalue weighted by Gasteiger charge is -2.24. The Labute approximate surface area is 197 Å². The molecule has 0 aliphatic carbocycles. The van der Waals surface area contributed by atoms with Crippen molar-refractivity contribution >= 4 is 22.8 Å². The first-order valence-corrected chi connectivity index (χ1v) is 10.2. The van der Waals surface area contributed by atoms with Gasteiger partial charge in [-0.05, 0) is 29.2 Å². The molecule has 1 heterocycles. The van der Waals surface area contributed by atoms with E-state index in [1.807, 2.05) is 20.8 Å². The number of carboxylic acid groups (broad SMARTS) is 1. The summed E-state index contributed by atoms with van der Waals surface area (Å²) in [5, 5.41) is 21.5. The first kappa shape index (κ1) is 27.5. The molecule has 1 atom stereocenters. The molecule has 3 N–H and O–H groups in total. The zero-order valence-corrected chi connectivity index (χ0v) is 19.0. The van der Waals surface area contributed by atoms with Crippen LogP contribution in [0.3, 0.4) is 0 Å². The van der Waals surface area contributed by atoms with E-state index in [-0.39, 0.29) is 23.5 Å². The van der Waals surface area contributed by atoms with Crippen LogP contribution in [0.1, 0.15) is 44.4 Å². The number of hydrogen-bond acceptors (Lipinski definition) is 4. The summed E-state index contributed by atoms with van der Waals surface area (Å²) in [4.78, 5) is 25.7.